The van der Waals surface area contributed by atoms with Crippen molar-refractivity contribution in [2.45, 2.75) is 24.8 Å². The highest BCUT2D eigenvalue weighted by Gasteiger charge is 2.20. The molecule has 0 aliphatic carbocycles. The van der Waals surface area contributed by atoms with Gasteiger partial charge in [-0.1, -0.05) is 12.1 Å². The van der Waals surface area contributed by atoms with Crippen molar-refractivity contribution in [1.82, 2.24) is 4.90 Å². The zero-order valence-electron chi connectivity index (χ0n) is 11.3. The van der Waals surface area contributed by atoms with Crippen LogP contribution in [-0.2, 0) is 0 Å². The molecule has 19 heavy (non-hydrogen) atoms. The summed E-state index contributed by atoms with van der Waals surface area (Å²) in [5, 5.41) is 2.03. The van der Waals surface area contributed by atoms with Gasteiger partial charge in [-0.05, 0) is 43.0 Å². The Kier molecular flexibility index (Phi) is 4.32. The van der Waals surface area contributed by atoms with Crippen LogP contribution in [0.5, 0.6) is 0 Å². The molecule has 2 nitrogen and oxygen atoms in total. The third-order valence-electron chi connectivity index (χ3n) is 3.31. The van der Waals surface area contributed by atoms with E-state index in [4.69, 9.17) is 0 Å². The zero-order valence-corrected chi connectivity index (χ0v) is 13.0. The number of carbonyl (C=O) groups is 1. The maximum atomic E-state index is 12.6. The van der Waals surface area contributed by atoms with Crippen molar-refractivity contribution in [3.8, 4) is 0 Å². The van der Waals surface area contributed by atoms with Crippen molar-refractivity contribution < 1.29 is 4.79 Å². The Labute approximate surface area is 123 Å². The Morgan fingerprint density at radius 3 is 2.74 bits per heavy atom. The standard InChI is InChI=1S/C15H17NOS2/c1-10-6-7-12(18)9-13(10)15(17)16(3)11(2)14-5-4-8-19-14/h4-9,11,18H,1-3H3. The van der Waals surface area contributed by atoms with Crippen LogP contribution in [0.4, 0.5) is 0 Å². The Hall–Kier alpha value is -1.26. The van der Waals surface area contributed by atoms with Crippen LogP contribution in [0.1, 0.15) is 33.8 Å². The molecular weight excluding hydrogens is 274 g/mol. The second kappa shape index (κ2) is 5.80. The third-order valence-corrected chi connectivity index (χ3v) is 4.63. The average Bonchev–Trinajstić information content (AvgIpc) is 2.93. The predicted molar refractivity (Wildman–Crippen MR) is 83.3 cm³/mol. The van der Waals surface area contributed by atoms with Crippen molar-refractivity contribution in [3.05, 3.63) is 51.7 Å². The first-order chi connectivity index (χ1) is 9.00. The molecule has 1 aromatic carbocycles. The molecule has 1 amide bonds. The molecule has 0 spiro atoms. The fourth-order valence-electron chi connectivity index (χ4n) is 1.93. The van der Waals surface area contributed by atoms with Gasteiger partial charge in [0.05, 0.1) is 6.04 Å². The minimum Gasteiger partial charge on any atom is -0.334 e. The van der Waals surface area contributed by atoms with Crippen molar-refractivity contribution in [2.24, 2.45) is 0 Å². The largest absolute Gasteiger partial charge is 0.334 e. The molecule has 0 aliphatic rings. The lowest BCUT2D eigenvalue weighted by atomic mass is 10.1. The van der Waals surface area contributed by atoms with Crippen LogP contribution in [0.3, 0.4) is 0 Å². The van der Waals surface area contributed by atoms with Gasteiger partial charge >= 0.3 is 0 Å². The summed E-state index contributed by atoms with van der Waals surface area (Å²) in [6, 6.07) is 9.81. The number of hydrogen-bond donors (Lipinski definition) is 1. The van der Waals surface area contributed by atoms with Gasteiger partial charge in [-0.3, -0.25) is 4.79 Å². The lowest BCUT2D eigenvalue weighted by molar-refractivity contribution is 0.0744. The van der Waals surface area contributed by atoms with E-state index in [0.29, 0.717) is 0 Å². The molecule has 0 N–H and O–H groups in total. The van der Waals surface area contributed by atoms with E-state index in [2.05, 4.69) is 18.7 Å². The van der Waals surface area contributed by atoms with Gasteiger partial charge in [0, 0.05) is 22.4 Å². The molecule has 0 fully saturated rings. The zero-order chi connectivity index (χ0) is 14.0. The summed E-state index contributed by atoms with van der Waals surface area (Å²) >= 11 is 5.98. The molecule has 1 heterocycles. The number of nitrogens with zero attached hydrogens (tertiary/aromatic N) is 1. The van der Waals surface area contributed by atoms with Crippen LogP contribution in [0.15, 0.2) is 40.6 Å². The van der Waals surface area contributed by atoms with Gasteiger partial charge in [-0.2, -0.15) is 0 Å². The monoisotopic (exact) mass is 291 g/mol. The minimum absolute atomic E-state index is 0.0364. The van der Waals surface area contributed by atoms with Crippen LogP contribution < -0.4 is 0 Å². The Bertz CT molecular complexity index is 578. The quantitative estimate of drug-likeness (QED) is 0.841. The van der Waals surface area contributed by atoms with Crippen molar-refractivity contribution in [1.29, 1.82) is 0 Å². The smallest absolute Gasteiger partial charge is 0.254 e. The summed E-state index contributed by atoms with van der Waals surface area (Å²) in [4.78, 5) is 16.3. The molecule has 1 atom stereocenters. The van der Waals surface area contributed by atoms with Crippen LogP contribution in [-0.4, -0.2) is 17.9 Å². The topological polar surface area (TPSA) is 20.3 Å². The summed E-state index contributed by atoms with van der Waals surface area (Å²) in [6.45, 7) is 3.99. The summed E-state index contributed by atoms with van der Waals surface area (Å²) in [6.07, 6.45) is 0. The number of rotatable bonds is 3. The SMILES string of the molecule is Cc1ccc(S)cc1C(=O)N(C)C(C)c1cccs1. The predicted octanol–water partition coefficient (Wildman–Crippen LogP) is 4.18. The van der Waals surface area contributed by atoms with E-state index in [1.165, 1.54) is 4.88 Å². The Balaban J connectivity index is 2.26. The minimum atomic E-state index is 0.0364. The number of benzene rings is 1. The number of aryl methyl sites for hydroxylation is 1. The second-order valence-electron chi connectivity index (χ2n) is 4.61. The lowest BCUT2D eigenvalue weighted by Gasteiger charge is -2.25. The van der Waals surface area contributed by atoms with Crippen molar-refractivity contribution >= 4 is 29.9 Å². The molecule has 100 valence electrons. The van der Waals surface area contributed by atoms with Gasteiger partial charge < -0.3 is 4.90 Å². The molecule has 0 saturated carbocycles. The maximum absolute atomic E-state index is 12.6. The van der Waals surface area contributed by atoms with E-state index in [0.717, 1.165) is 16.0 Å². The van der Waals surface area contributed by atoms with Crippen LogP contribution >= 0.6 is 24.0 Å². The molecule has 0 bridgehead atoms. The fraction of sp³-hybridized carbons (Fsp3) is 0.267. The summed E-state index contributed by atoms with van der Waals surface area (Å²) in [5.74, 6) is 0.0364. The Morgan fingerprint density at radius 1 is 1.37 bits per heavy atom. The van der Waals surface area contributed by atoms with Crippen LogP contribution in [0, 0.1) is 6.92 Å². The van der Waals surface area contributed by atoms with E-state index in [1.54, 1.807) is 16.2 Å². The summed E-state index contributed by atoms with van der Waals surface area (Å²) < 4.78 is 0. The number of hydrogen-bond acceptors (Lipinski definition) is 3. The first-order valence-electron chi connectivity index (χ1n) is 6.11. The van der Waals surface area contributed by atoms with Crippen LogP contribution in [0.25, 0.3) is 0 Å². The second-order valence-corrected chi connectivity index (χ2v) is 6.10. The molecule has 1 aromatic heterocycles. The number of thiol groups is 1. The first-order valence-corrected chi connectivity index (χ1v) is 7.43. The van der Waals surface area contributed by atoms with Crippen LogP contribution in [0.2, 0.25) is 0 Å². The highest BCUT2D eigenvalue weighted by atomic mass is 32.1. The number of amides is 1. The van der Waals surface area contributed by atoms with Gasteiger partial charge in [0.1, 0.15) is 0 Å². The molecule has 2 rings (SSSR count). The Morgan fingerprint density at radius 2 is 2.11 bits per heavy atom. The fourth-order valence-corrected chi connectivity index (χ4v) is 2.96. The van der Waals surface area contributed by atoms with Gasteiger partial charge in [-0.25, -0.2) is 0 Å². The highest BCUT2D eigenvalue weighted by molar-refractivity contribution is 7.80. The number of carbonyl (C=O) groups excluding carboxylic acids is 1. The number of thiophene rings is 1. The molecule has 0 saturated heterocycles. The van der Waals surface area contributed by atoms with E-state index >= 15 is 0 Å². The summed E-state index contributed by atoms with van der Waals surface area (Å²) in [5.41, 5.74) is 1.70. The molecule has 0 radical (unpaired) electrons. The lowest BCUT2D eigenvalue weighted by Crippen LogP contribution is -2.29. The molecule has 4 heteroatoms. The third kappa shape index (κ3) is 3.01. The van der Waals surface area contributed by atoms with Gasteiger partial charge in [-0.15, -0.1) is 24.0 Å². The molecule has 2 aromatic rings. The summed E-state index contributed by atoms with van der Waals surface area (Å²) in [7, 11) is 1.84. The van der Waals surface area contributed by atoms with Crippen molar-refractivity contribution in [3.63, 3.8) is 0 Å². The average molecular weight is 291 g/mol. The molecule has 1 unspecified atom stereocenters. The van der Waals surface area contributed by atoms with Crippen molar-refractivity contribution in [2.75, 3.05) is 7.05 Å². The van der Waals surface area contributed by atoms with Gasteiger partial charge in [0.25, 0.3) is 5.91 Å². The maximum Gasteiger partial charge on any atom is 0.254 e. The normalized spacial score (nSPS) is 12.2. The van der Waals surface area contributed by atoms with Gasteiger partial charge in [0.15, 0.2) is 0 Å². The molecule has 0 aliphatic heterocycles. The first kappa shape index (κ1) is 14.2. The van der Waals surface area contributed by atoms with E-state index in [1.807, 2.05) is 50.5 Å². The van der Waals surface area contributed by atoms with E-state index in [9.17, 15) is 4.79 Å². The van der Waals surface area contributed by atoms with Gasteiger partial charge in [0.2, 0.25) is 0 Å². The highest BCUT2D eigenvalue weighted by Crippen LogP contribution is 2.26. The van der Waals surface area contributed by atoms with E-state index < -0.39 is 0 Å². The molecular formula is C15H17NOS2. The van der Waals surface area contributed by atoms with E-state index in [-0.39, 0.29) is 11.9 Å².